The van der Waals surface area contributed by atoms with Crippen LogP contribution in [0.4, 0.5) is 23.1 Å². The maximum atomic E-state index is 13.4. The normalized spacial score (nSPS) is 19.5. The van der Waals surface area contributed by atoms with Gasteiger partial charge in [0.05, 0.1) is 27.3 Å². The molecule has 3 N–H and O–H groups in total. The van der Waals surface area contributed by atoms with E-state index in [0.717, 1.165) is 13.8 Å². The highest BCUT2D eigenvalue weighted by Gasteiger charge is 2.49. The molecule has 0 aliphatic carbocycles. The summed E-state index contributed by atoms with van der Waals surface area (Å²) in [6.45, 7) is 6.49. The van der Waals surface area contributed by atoms with Crippen molar-refractivity contribution in [1.82, 2.24) is 14.9 Å². The Bertz CT molecular complexity index is 1000. The molecule has 1 saturated heterocycles. The number of carbonyl (C=O) groups excluding carboxylic acids is 1. The van der Waals surface area contributed by atoms with Crippen LogP contribution in [-0.4, -0.2) is 44.7 Å². The summed E-state index contributed by atoms with van der Waals surface area (Å²) in [7, 11) is 0. The molecule has 2 amide bonds. The molecule has 0 saturated carbocycles. The van der Waals surface area contributed by atoms with Gasteiger partial charge in [0.15, 0.2) is 5.13 Å². The van der Waals surface area contributed by atoms with Gasteiger partial charge in [-0.2, -0.15) is 13.2 Å². The second-order valence-electron chi connectivity index (χ2n) is 8.33. The number of halogens is 3. The van der Waals surface area contributed by atoms with Crippen LogP contribution in [0.1, 0.15) is 38.6 Å². The Morgan fingerprint density at radius 1 is 1.39 bits per heavy atom. The lowest BCUT2D eigenvalue weighted by atomic mass is 9.87. The molecule has 2 atom stereocenters. The van der Waals surface area contributed by atoms with Gasteiger partial charge in [-0.1, -0.05) is 30.5 Å². The van der Waals surface area contributed by atoms with Gasteiger partial charge in [0.2, 0.25) is 0 Å². The van der Waals surface area contributed by atoms with E-state index in [1.165, 1.54) is 23.6 Å². The second kappa shape index (κ2) is 8.34. The van der Waals surface area contributed by atoms with E-state index in [4.69, 9.17) is 18.0 Å². The van der Waals surface area contributed by atoms with Gasteiger partial charge in [-0.25, -0.2) is 9.78 Å². The quantitative estimate of drug-likeness (QED) is 0.621. The van der Waals surface area contributed by atoms with E-state index in [2.05, 4.69) is 15.3 Å². The summed E-state index contributed by atoms with van der Waals surface area (Å²) in [5.41, 5.74) is 4.76. The van der Waals surface area contributed by atoms with Crippen molar-refractivity contribution in [1.29, 1.82) is 0 Å². The summed E-state index contributed by atoms with van der Waals surface area (Å²) in [5, 5.41) is 3.13. The van der Waals surface area contributed by atoms with Gasteiger partial charge in [-0.3, -0.25) is 10.3 Å². The molecule has 1 fully saturated rings. The van der Waals surface area contributed by atoms with E-state index in [1.807, 2.05) is 6.92 Å². The number of alkyl halides is 3. The van der Waals surface area contributed by atoms with Crippen LogP contribution >= 0.6 is 23.6 Å². The number of aryl methyl sites for hydroxylation is 1. The monoisotopic (exact) mass is 471 g/mol. The Balaban J connectivity index is 1.84. The van der Waals surface area contributed by atoms with Crippen LogP contribution in [0.3, 0.4) is 0 Å². The summed E-state index contributed by atoms with van der Waals surface area (Å²) in [6, 6.07) is 2.39. The Kier molecular flexibility index (Phi) is 6.30. The number of nitrogens with two attached hydrogens (primary N) is 1. The standard InChI is InChI=1S/C20H24F3N5OS2/c1-10-7-13(16(24)30)28(9-10)18(29)27-17-26-11(2)15(31-17)12-5-6-25-14(8-12)19(3,4)20(21,22)23/h5-6,8,10,13H,7,9H2,1-4H3,(H2,24,30)(H,26,27,29)/t10-,13-/m0/s1. The molecule has 0 bridgehead atoms. The number of thiocarbonyl (C=S) groups is 1. The smallest absolute Gasteiger partial charge is 0.392 e. The zero-order valence-electron chi connectivity index (χ0n) is 17.6. The number of amides is 2. The van der Waals surface area contributed by atoms with E-state index in [9.17, 15) is 18.0 Å². The molecule has 2 aromatic rings. The van der Waals surface area contributed by atoms with Gasteiger partial charge in [0, 0.05) is 12.7 Å². The lowest BCUT2D eigenvalue weighted by Gasteiger charge is -2.27. The van der Waals surface area contributed by atoms with Gasteiger partial charge in [-0.15, -0.1) is 0 Å². The van der Waals surface area contributed by atoms with Crippen molar-refractivity contribution in [2.75, 3.05) is 11.9 Å². The van der Waals surface area contributed by atoms with Crippen molar-refractivity contribution in [3.8, 4) is 10.4 Å². The average Bonchev–Trinajstić information content (AvgIpc) is 3.23. The van der Waals surface area contributed by atoms with Crippen LogP contribution in [0.2, 0.25) is 0 Å². The zero-order chi connectivity index (χ0) is 23.1. The molecule has 2 aromatic heterocycles. The number of nitrogens with zero attached hydrogens (tertiary/aromatic N) is 3. The van der Waals surface area contributed by atoms with Gasteiger partial charge in [0.1, 0.15) is 5.41 Å². The fourth-order valence-corrected chi connectivity index (χ4v) is 4.66. The second-order valence-corrected chi connectivity index (χ2v) is 9.80. The van der Waals surface area contributed by atoms with E-state index >= 15 is 0 Å². The molecule has 0 spiro atoms. The summed E-state index contributed by atoms with van der Waals surface area (Å²) in [6.07, 6.45) is -2.37. The number of rotatable bonds is 4. The molecular weight excluding hydrogens is 447 g/mol. The summed E-state index contributed by atoms with van der Waals surface area (Å²) < 4.78 is 40.3. The molecule has 0 unspecified atom stereocenters. The fraction of sp³-hybridized carbons (Fsp3) is 0.500. The highest BCUT2D eigenvalue weighted by atomic mass is 32.1. The summed E-state index contributed by atoms with van der Waals surface area (Å²) in [4.78, 5) is 23.6. The van der Waals surface area contributed by atoms with E-state index in [1.54, 1.807) is 17.9 Å². The number of likely N-dealkylation sites (tertiary alicyclic amines) is 1. The highest BCUT2D eigenvalue weighted by molar-refractivity contribution is 7.80. The molecule has 11 heteroatoms. The topological polar surface area (TPSA) is 84.1 Å². The number of carbonyl (C=O) groups is 1. The van der Waals surface area contributed by atoms with E-state index in [-0.39, 0.29) is 28.7 Å². The number of thiazole rings is 1. The minimum Gasteiger partial charge on any atom is -0.392 e. The molecule has 0 aromatic carbocycles. The van der Waals surface area contributed by atoms with Crippen LogP contribution in [0, 0.1) is 12.8 Å². The maximum Gasteiger partial charge on any atom is 0.399 e. The minimum atomic E-state index is -4.44. The van der Waals surface area contributed by atoms with E-state index < -0.39 is 11.6 Å². The van der Waals surface area contributed by atoms with Gasteiger partial charge in [0.25, 0.3) is 0 Å². The number of anilines is 1. The lowest BCUT2D eigenvalue weighted by Crippen LogP contribution is -2.44. The van der Waals surface area contributed by atoms with Crippen LogP contribution in [-0.2, 0) is 5.41 Å². The van der Waals surface area contributed by atoms with Crippen LogP contribution < -0.4 is 11.1 Å². The van der Waals surface area contributed by atoms with Crippen molar-refractivity contribution < 1.29 is 18.0 Å². The fourth-order valence-electron chi connectivity index (χ4n) is 3.48. The number of pyridine rings is 1. The van der Waals surface area contributed by atoms with Crippen molar-refractivity contribution in [2.24, 2.45) is 11.7 Å². The first-order valence-electron chi connectivity index (χ1n) is 9.69. The average molecular weight is 472 g/mol. The summed E-state index contributed by atoms with van der Waals surface area (Å²) >= 11 is 6.28. The Hall–Kier alpha value is -2.27. The highest BCUT2D eigenvalue weighted by Crippen LogP contribution is 2.41. The Labute approximate surface area is 188 Å². The van der Waals surface area contributed by atoms with Crippen molar-refractivity contribution >= 4 is 39.7 Å². The van der Waals surface area contributed by atoms with Gasteiger partial charge < -0.3 is 10.6 Å². The first-order valence-corrected chi connectivity index (χ1v) is 10.9. The molecular formula is C20H24F3N5OS2. The first kappa shape index (κ1) is 23.4. The Morgan fingerprint density at radius 3 is 2.68 bits per heavy atom. The third-order valence-corrected chi connectivity index (χ3v) is 6.88. The number of hydrogen-bond acceptors (Lipinski definition) is 5. The molecule has 1 aliphatic rings. The van der Waals surface area contributed by atoms with E-state index in [0.29, 0.717) is 34.2 Å². The number of nitrogens with one attached hydrogen (secondary N) is 1. The molecule has 0 radical (unpaired) electrons. The zero-order valence-corrected chi connectivity index (χ0v) is 19.2. The first-order chi connectivity index (χ1) is 14.3. The molecule has 31 heavy (non-hydrogen) atoms. The van der Waals surface area contributed by atoms with Gasteiger partial charge >= 0.3 is 12.2 Å². The predicted octanol–water partition coefficient (Wildman–Crippen LogP) is 4.88. The SMILES string of the molecule is Cc1nc(NC(=O)N2C[C@@H](C)C[C@H]2C(N)=S)sc1-c1ccnc(C(C)(C)C(F)(F)F)c1. The Morgan fingerprint density at radius 2 is 2.06 bits per heavy atom. The molecule has 3 rings (SSSR count). The van der Waals surface area contributed by atoms with Crippen LogP contribution in [0.5, 0.6) is 0 Å². The number of aromatic nitrogens is 2. The minimum absolute atomic E-state index is 0.0822. The largest absolute Gasteiger partial charge is 0.399 e. The maximum absolute atomic E-state index is 13.4. The lowest BCUT2D eigenvalue weighted by molar-refractivity contribution is -0.181. The third-order valence-electron chi connectivity index (χ3n) is 5.48. The summed E-state index contributed by atoms with van der Waals surface area (Å²) in [5.74, 6) is 0.276. The van der Waals surface area contributed by atoms with Crippen LogP contribution in [0.15, 0.2) is 18.3 Å². The molecule has 1 aliphatic heterocycles. The van der Waals surface area contributed by atoms with Gasteiger partial charge in [-0.05, 0) is 50.8 Å². The molecule has 168 valence electrons. The number of hydrogen-bond donors (Lipinski definition) is 2. The van der Waals surface area contributed by atoms with Crippen molar-refractivity contribution in [3.05, 3.63) is 29.7 Å². The number of urea groups is 1. The van der Waals surface area contributed by atoms with Crippen molar-refractivity contribution in [2.45, 2.75) is 51.7 Å². The van der Waals surface area contributed by atoms with Crippen LogP contribution in [0.25, 0.3) is 10.4 Å². The third kappa shape index (κ3) is 4.67. The molecule has 6 nitrogen and oxygen atoms in total. The predicted molar refractivity (Wildman–Crippen MR) is 119 cm³/mol. The van der Waals surface area contributed by atoms with Crippen molar-refractivity contribution in [3.63, 3.8) is 0 Å². The molecule has 3 heterocycles.